The monoisotopic (exact) mass is 468 g/mol. The molecule has 0 aliphatic rings. The molecule has 0 radical (unpaired) electrons. The number of methoxy groups -OCH3 is 1. The molecule has 174 valence electrons. The maximum atomic E-state index is 12.7. The van der Waals surface area contributed by atoms with Gasteiger partial charge < -0.3 is 14.8 Å². The van der Waals surface area contributed by atoms with Crippen LogP contribution in [0.4, 0.5) is 5.69 Å². The van der Waals surface area contributed by atoms with Gasteiger partial charge in [-0.3, -0.25) is 9.52 Å². The zero-order chi connectivity index (χ0) is 23.8. The van der Waals surface area contributed by atoms with E-state index < -0.39 is 10.0 Å². The predicted octanol–water partition coefficient (Wildman–Crippen LogP) is 4.78. The van der Waals surface area contributed by atoms with Crippen molar-refractivity contribution in [1.82, 2.24) is 5.32 Å². The molecule has 0 saturated heterocycles. The number of amides is 1. The zero-order valence-electron chi connectivity index (χ0n) is 18.9. The highest BCUT2D eigenvalue weighted by atomic mass is 32.2. The molecule has 0 spiro atoms. The van der Waals surface area contributed by atoms with Gasteiger partial charge in [-0.25, -0.2) is 8.42 Å². The van der Waals surface area contributed by atoms with E-state index in [2.05, 4.69) is 10.0 Å². The molecule has 1 unspecified atom stereocenters. The van der Waals surface area contributed by atoms with Crippen molar-refractivity contribution in [3.8, 4) is 11.5 Å². The van der Waals surface area contributed by atoms with Crippen molar-refractivity contribution < 1.29 is 22.7 Å². The van der Waals surface area contributed by atoms with Crippen LogP contribution in [0.5, 0.6) is 11.5 Å². The molecule has 33 heavy (non-hydrogen) atoms. The van der Waals surface area contributed by atoms with Gasteiger partial charge >= 0.3 is 0 Å². The van der Waals surface area contributed by atoms with E-state index in [1.54, 1.807) is 49.6 Å². The molecule has 7 nitrogen and oxygen atoms in total. The second-order valence-corrected chi connectivity index (χ2v) is 9.13. The first kappa shape index (κ1) is 24.1. The van der Waals surface area contributed by atoms with E-state index in [1.807, 2.05) is 32.0 Å². The highest BCUT2D eigenvalue weighted by Gasteiger charge is 2.16. The quantitative estimate of drug-likeness (QED) is 0.447. The van der Waals surface area contributed by atoms with E-state index in [-0.39, 0.29) is 16.8 Å². The summed E-state index contributed by atoms with van der Waals surface area (Å²) in [6.45, 7) is 4.50. The van der Waals surface area contributed by atoms with Gasteiger partial charge in [0.15, 0.2) is 11.5 Å². The van der Waals surface area contributed by atoms with E-state index in [0.29, 0.717) is 29.4 Å². The van der Waals surface area contributed by atoms with Crippen molar-refractivity contribution in [3.05, 3.63) is 83.9 Å². The van der Waals surface area contributed by atoms with E-state index in [4.69, 9.17) is 9.47 Å². The van der Waals surface area contributed by atoms with Crippen molar-refractivity contribution in [3.63, 3.8) is 0 Å². The van der Waals surface area contributed by atoms with Gasteiger partial charge in [-0.2, -0.15) is 0 Å². The number of benzene rings is 3. The molecule has 1 amide bonds. The standard InChI is InChI=1S/C25H28N2O5S/c1-4-16-32-23-15-12-20(17-24(23)31-3)18(2)26-25(28)19-10-13-21(14-11-19)27-33(29,30)22-8-6-5-7-9-22/h5-15,17-18,27H,4,16H2,1-3H3,(H,26,28). The summed E-state index contributed by atoms with van der Waals surface area (Å²) in [5.74, 6) is 0.998. The molecule has 1 atom stereocenters. The van der Waals surface area contributed by atoms with Crippen LogP contribution in [0.1, 0.15) is 42.2 Å². The number of carbonyl (C=O) groups excluding carboxylic acids is 1. The molecular formula is C25H28N2O5S. The van der Waals surface area contributed by atoms with Gasteiger partial charge in [0.1, 0.15) is 0 Å². The van der Waals surface area contributed by atoms with E-state index >= 15 is 0 Å². The van der Waals surface area contributed by atoms with Gasteiger partial charge in [-0.15, -0.1) is 0 Å². The molecule has 0 aromatic heterocycles. The average molecular weight is 469 g/mol. The molecule has 0 aliphatic carbocycles. The normalized spacial score (nSPS) is 12.0. The summed E-state index contributed by atoms with van der Waals surface area (Å²) in [4.78, 5) is 12.9. The fraction of sp³-hybridized carbons (Fsp3) is 0.240. The molecular weight excluding hydrogens is 440 g/mol. The lowest BCUT2D eigenvalue weighted by atomic mass is 10.1. The molecule has 0 fully saturated rings. The SMILES string of the molecule is CCCOc1ccc(C(C)NC(=O)c2ccc(NS(=O)(=O)c3ccccc3)cc2)cc1OC. The topological polar surface area (TPSA) is 93.7 Å². The first-order chi connectivity index (χ1) is 15.8. The summed E-state index contributed by atoms with van der Waals surface area (Å²) in [5, 5.41) is 2.95. The molecule has 0 saturated carbocycles. The summed E-state index contributed by atoms with van der Waals surface area (Å²) >= 11 is 0. The van der Waals surface area contributed by atoms with Crippen molar-refractivity contribution >= 4 is 21.6 Å². The molecule has 2 N–H and O–H groups in total. The third kappa shape index (κ3) is 6.26. The summed E-state index contributed by atoms with van der Waals surface area (Å²) in [6.07, 6.45) is 0.893. The Bertz CT molecular complexity index is 1180. The van der Waals surface area contributed by atoms with Gasteiger partial charge in [0.25, 0.3) is 15.9 Å². The van der Waals surface area contributed by atoms with Crippen LogP contribution in [0.25, 0.3) is 0 Å². The molecule has 0 bridgehead atoms. The van der Waals surface area contributed by atoms with Gasteiger partial charge in [0, 0.05) is 11.3 Å². The Morgan fingerprint density at radius 1 is 0.970 bits per heavy atom. The Morgan fingerprint density at radius 2 is 1.67 bits per heavy atom. The summed E-state index contributed by atoms with van der Waals surface area (Å²) in [5.41, 5.74) is 1.66. The number of rotatable bonds is 10. The number of hydrogen-bond acceptors (Lipinski definition) is 5. The Balaban J connectivity index is 1.66. The number of nitrogens with one attached hydrogen (secondary N) is 2. The highest BCUT2D eigenvalue weighted by molar-refractivity contribution is 7.92. The first-order valence-electron chi connectivity index (χ1n) is 10.6. The molecule has 3 rings (SSSR count). The van der Waals surface area contributed by atoms with Crippen LogP contribution in [0.15, 0.2) is 77.7 Å². The third-order valence-corrected chi connectivity index (χ3v) is 6.35. The number of hydrogen-bond donors (Lipinski definition) is 2. The number of ether oxygens (including phenoxy) is 2. The molecule has 3 aromatic rings. The molecule has 3 aromatic carbocycles. The minimum atomic E-state index is -3.69. The lowest BCUT2D eigenvalue weighted by Crippen LogP contribution is -2.26. The van der Waals surface area contributed by atoms with E-state index in [0.717, 1.165) is 12.0 Å². The second-order valence-electron chi connectivity index (χ2n) is 7.45. The fourth-order valence-corrected chi connectivity index (χ4v) is 4.23. The van der Waals surface area contributed by atoms with Crippen molar-refractivity contribution in [2.45, 2.75) is 31.2 Å². The van der Waals surface area contributed by atoms with Crippen molar-refractivity contribution in [2.75, 3.05) is 18.4 Å². The number of carbonyl (C=O) groups is 1. The smallest absolute Gasteiger partial charge is 0.261 e. The van der Waals surface area contributed by atoms with Crippen LogP contribution in [0.3, 0.4) is 0 Å². The molecule has 0 heterocycles. The number of sulfonamides is 1. The lowest BCUT2D eigenvalue weighted by Gasteiger charge is -2.17. The van der Waals surface area contributed by atoms with Crippen LogP contribution < -0.4 is 19.5 Å². The number of anilines is 1. The van der Waals surface area contributed by atoms with Gasteiger partial charge in [0.05, 0.1) is 24.7 Å². The summed E-state index contributed by atoms with van der Waals surface area (Å²) in [6, 6.07) is 19.7. The van der Waals surface area contributed by atoms with E-state index in [1.165, 1.54) is 12.1 Å². The van der Waals surface area contributed by atoms with Crippen molar-refractivity contribution in [1.29, 1.82) is 0 Å². The minimum absolute atomic E-state index is 0.169. The van der Waals surface area contributed by atoms with E-state index in [9.17, 15) is 13.2 Å². The summed E-state index contributed by atoms with van der Waals surface area (Å²) < 4.78 is 38.5. The van der Waals surface area contributed by atoms with Gasteiger partial charge in [0.2, 0.25) is 0 Å². The van der Waals surface area contributed by atoms with Gasteiger partial charge in [-0.1, -0.05) is 31.2 Å². The molecule has 0 aliphatic heterocycles. The Morgan fingerprint density at radius 3 is 2.30 bits per heavy atom. The van der Waals surface area contributed by atoms with Crippen LogP contribution in [-0.2, 0) is 10.0 Å². The van der Waals surface area contributed by atoms with Crippen LogP contribution in [0, 0.1) is 0 Å². The van der Waals surface area contributed by atoms with Crippen LogP contribution in [-0.4, -0.2) is 28.0 Å². The summed E-state index contributed by atoms with van der Waals surface area (Å²) in [7, 11) is -2.11. The third-order valence-electron chi connectivity index (χ3n) is 4.95. The van der Waals surface area contributed by atoms with Crippen molar-refractivity contribution in [2.24, 2.45) is 0 Å². The Hall–Kier alpha value is -3.52. The highest BCUT2D eigenvalue weighted by Crippen LogP contribution is 2.30. The Labute approximate surface area is 194 Å². The maximum absolute atomic E-state index is 12.7. The lowest BCUT2D eigenvalue weighted by molar-refractivity contribution is 0.0940. The fourth-order valence-electron chi connectivity index (χ4n) is 3.15. The largest absolute Gasteiger partial charge is 0.493 e. The minimum Gasteiger partial charge on any atom is -0.493 e. The predicted molar refractivity (Wildman–Crippen MR) is 128 cm³/mol. The van der Waals surface area contributed by atoms with Gasteiger partial charge in [-0.05, 0) is 67.4 Å². The van der Waals surface area contributed by atoms with Crippen LogP contribution >= 0.6 is 0 Å². The Kier molecular flexibility index (Phi) is 7.95. The molecule has 8 heteroatoms. The second kappa shape index (κ2) is 10.9. The average Bonchev–Trinajstić information content (AvgIpc) is 2.83. The maximum Gasteiger partial charge on any atom is 0.261 e. The van der Waals surface area contributed by atoms with Crippen LogP contribution in [0.2, 0.25) is 0 Å². The zero-order valence-corrected chi connectivity index (χ0v) is 19.7. The first-order valence-corrected chi connectivity index (χ1v) is 12.1.